The second kappa shape index (κ2) is 18.6. The van der Waals surface area contributed by atoms with Crippen LogP contribution in [-0.2, 0) is 4.79 Å². The average Bonchev–Trinajstić information content (AvgIpc) is 3.22. The van der Waals surface area contributed by atoms with Gasteiger partial charge in [0.1, 0.15) is 5.78 Å². The molecule has 1 aliphatic heterocycles. The molecule has 166 valence electrons. The van der Waals surface area contributed by atoms with E-state index >= 15 is 0 Å². The summed E-state index contributed by atoms with van der Waals surface area (Å²) in [6.45, 7) is 12.0. The topological polar surface area (TPSA) is 23.6 Å². The lowest BCUT2D eigenvalue weighted by molar-refractivity contribution is -0.119. The molecule has 1 aliphatic rings. The quantitative estimate of drug-likeness (QED) is 0.222. The zero-order valence-electron chi connectivity index (χ0n) is 19.4. The number of unbranched alkanes of at least 4 members (excludes halogenated alkanes) is 9. The number of hydrogen-bond acceptors (Lipinski definition) is 3. The van der Waals surface area contributed by atoms with Crippen molar-refractivity contribution < 1.29 is 4.79 Å². The summed E-state index contributed by atoms with van der Waals surface area (Å²) in [5, 5.41) is 0. The van der Waals surface area contributed by atoms with Gasteiger partial charge in [-0.15, -0.1) is 0 Å². The first kappa shape index (κ1) is 25.6. The van der Waals surface area contributed by atoms with Crippen LogP contribution < -0.4 is 0 Å². The highest BCUT2D eigenvalue weighted by Gasteiger charge is 2.11. The van der Waals surface area contributed by atoms with Crippen LogP contribution in [0.3, 0.4) is 0 Å². The van der Waals surface area contributed by atoms with Gasteiger partial charge in [-0.3, -0.25) is 4.79 Å². The Labute approximate surface area is 176 Å². The molecule has 0 bridgehead atoms. The van der Waals surface area contributed by atoms with Crippen molar-refractivity contribution in [3.8, 4) is 0 Å². The van der Waals surface area contributed by atoms with E-state index in [0.29, 0.717) is 5.78 Å². The summed E-state index contributed by atoms with van der Waals surface area (Å²) < 4.78 is 0. The highest BCUT2D eigenvalue weighted by molar-refractivity contribution is 5.78. The van der Waals surface area contributed by atoms with Crippen molar-refractivity contribution in [2.45, 2.75) is 117 Å². The van der Waals surface area contributed by atoms with Crippen LogP contribution >= 0.6 is 0 Å². The monoisotopic (exact) mass is 394 g/mol. The fraction of sp³-hybridized carbons (Fsp3) is 0.960. The first-order chi connectivity index (χ1) is 13.8. The third-order valence-corrected chi connectivity index (χ3v) is 6.33. The minimum atomic E-state index is 0.500. The maximum atomic E-state index is 12.1. The lowest BCUT2D eigenvalue weighted by Crippen LogP contribution is -2.29. The van der Waals surface area contributed by atoms with Crippen LogP contribution in [0.1, 0.15) is 117 Å². The molecule has 0 aromatic carbocycles. The molecule has 0 aliphatic carbocycles. The van der Waals surface area contributed by atoms with Crippen LogP contribution in [0.5, 0.6) is 0 Å². The Morgan fingerprint density at radius 3 is 1.86 bits per heavy atom. The van der Waals surface area contributed by atoms with E-state index in [4.69, 9.17) is 0 Å². The molecule has 1 fully saturated rings. The van der Waals surface area contributed by atoms with Crippen molar-refractivity contribution in [3.05, 3.63) is 0 Å². The van der Waals surface area contributed by atoms with Crippen LogP contribution in [0.15, 0.2) is 0 Å². The number of carbonyl (C=O) groups is 1. The third-order valence-electron chi connectivity index (χ3n) is 6.33. The molecule has 0 amide bonds. The van der Waals surface area contributed by atoms with E-state index in [1.807, 2.05) is 0 Å². The Morgan fingerprint density at radius 1 is 0.714 bits per heavy atom. The van der Waals surface area contributed by atoms with E-state index in [9.17, 15) is 4.79 Å². The van der Waals surface area contributed by atoms with E-state index < -0.39 is 0 Å². The number of hydrogen-bond donors (Lipinski definition) is 0. The van der Waals surface area contributed by atoms with Crippen LogP contribution in [-0.4, -0.2) is 54.9 Å². The Kier molecular flexibility index (Phi) is 17.0. The number of Topliss-reactive ketones (excluding diaryl/α,β-unsaturated/α-hetero) is 1. The molecule has 0 aromatic rings. The molecule has 0 aromatic heterocycles. The number of rotatable bonds is 20. The minimum absolute atomic E-state index is 0.500. The van der Waals surface area contributed by atoms with Crippen LogP contribution in [0, 0.1) is 0 Å². The number of nitrogens with zero attached hydrogens (tertiary/aromatic N) is 2. The summed E-state index contributed by atoms with van der Waals surface area (Å²) >= 11 is 0. The van der Waals surface area contributed by atoms with Gasteiger partial charge in [-0.1, -0.05) is 65.2 Å². The van der Waals surface area contributed by atoms with Gasteiger partial charge in [-0.2, -0.15) is 0 Å². The van der Waals surface area contributed by atoms with Gasteiger partial charge in [-0.25, -0.2) is 0 Å². The van der Waals surface area contributed by atoms with Gasteiger partial charge in [0.15, 0.2) is 0 Å². The molecule has 28 heavy (non-hydrogen) atoms. The highest BCUT2D eigenvalue weighted by atomic mass is 16.1. The van der Waals surface area contributed by atoms with Gasteiger partial charge >= 0.3 is 0 Å². The number of carbonyl (C=O) groups excluding carboxylic acids is 1. The molecule has 0 N–H and O–H groups in total. The summed E-state index contributed by atoms with van der Waals surface area (Å²) in [5.74, 6) is 0.500. The zero-order valence-corrected chi connectivity index (χ0v) is 19.4. The molecular weight excluding hydrogens is 344 g/mol. The average molecular weight is 395 g/mol. The lowest BCUT2D eigenvalue weighted by atomic mass is 10.0. The predicted octanol–water partition coefficient (Wildman–Crippen LogP) is 6.45. The Hall–Kier alpha value is -0.410. The van der Waals surface area contributed by atoms with Gasteiger partial charge in [0.05, 0.1) is 0 Å². The summed E-state index contributed by atoms with van der Waals surface area (Å²) in [6.07, 6.45) is 19.9. The normalized spacial score (nSPS) is 15.0. The molecule has 0 atom stereocenters. The Balaban J connectivity index is 1.87. The van der Waals surface area contributed by atoms with Crippen molar-refractivity contribution >= 4 is 5.78 Å². The van der Waals surface area contributed by atoms with Crippen molar-refractivity contribution in [2.24, 2.45) is 0 Å². The molecule has 0 unspecified atom stereocenters. The molecular formula is C25H50N2O. The van der Waals surface area contributed by atoms with Gasteiger partial charge in [0.25, 0.3) is 0 Å². The molecule has 1 saturated heterocycles. The van der Waals surface area contributed by atoms with Crippen LogP contribution in [0.2, 0.25) is 0 Å². The Morgan fingerprint density at radius 2 is 1.25 bits per heavy atom. The van der Waals surface area contributed by atoms with Gasteiger partial charge in [0.2, 0.25) is 0 Å². The maximum absolute atomic E-state index is 12.1. The summed E-state index contributed by atoms with van der Waals surface area (Å²) in [4.78, 5) is 17.2. The van der Waals surface area contributed by atoms with Crippen molar-refractivity contribution in [2.75, 3.05) is 39.3 Å². The molecule has 3 heteroatoms. The van der Waals surface area contributed by atoms with E-state index in [1.165, 1.54) is 110 Å². The predicted molar refractivity (Wildman–Crippen MR) is 123 cm³/mol. The molecule has 3 nitrogen and oxygen atoms in total. The van der Waals surface area contributed by atoms with Crippen LogP contribution in [0.4, 0.5) is 0 Å². The van der Waals surface area contributed by atoms with Crippen molar-refractivity contribution in [3.63, 3.8) is 0 Å². The number of ketones is 1. The smallest absolute Gasteiger partial charge is 0.132 e. The molecule has 1 heterocycles. The zero-order chi connectivity index (χ0) is 20.3. The third kappa shape index (κ3) is 14.6. The molecule has 0 radical (unpaired) electrons. The van der Waals surface area contributed by atoms with Crippen molar-refractivity contribution in [1.82, 2.24) is 9.80 Å². The van der Waals surface area contributed by atoms with Crippen LogP contribution in [0.25, 0.3) is 0 Å². The summed E-state index contributed by atoms with van der Waals surface area (Å²) in [6, 6.07) is 0. The fourth-order valence-electron chi connectivity index (χ4n) is 4.37. The van der Waals surface area contributed by atoms with Gasteiger partial charge in [0, 0.05) is 12.8 Å². The largest absolute Gasteiger partial charge is 0.304 e. The van der Waals surface area contributed by atoms with E-state index in [1.54, 1.807) is 0 Å². The molecule has 0 spiro atoms. The second-order valence-electron chi connectivity index (χ2n) is 8.91. The maximum Gasteiger partial charge on any atom is 0.132 e. The van der Waals surface area contributed by atoms with E-state index in [2.05, 4.69) is 23.6 Å². The lowest BCUT2D eigenvalue weighted by Gasteiger charge is -2.22. The SMILES string of the molecule is CCCCCCCCCCCC(=O)CCCCN(CC)CCCN1CCCC1. The van der Waals surface area contributed by atoms with Gasteiger partial charge < -0.3 is 9.80 Å². The van der Waals surface area contributed by atoms with Gasteiger partial charge in [-0.05, 0) is 77.8 Å². The molecule has 0 saturated carbocycles. The van der Waals surface area contributed by atoms with E-state index in [0.717, 1.165) is 32.2 Å². The molecule has 1 rings (SSSR count). The first-order valence-electron chi connectivity index (χ1n) is 12.7. The summed E-state index contributed by atoms with van der Waals surface area (Å²) in [5.41, 5.74) is 0. The Bertz CT molecular complexity index is 352. The highest BCUT2D eigenvalue weighted by Crippen LogP contribution is 2.12. The van der Waals surface area contributed by atoms with Crippen molar-refractivity contribution in [1.29, 1.82) is 0 Å². The standard InChI is InChI=1S/C25H50N2O/c1-3-5-6-7-8-9-10-11-12-18-25(28)19-13-14-20-26(4-2)23-17-24-27-21-15-16-22-27/h3-24H2,1-2H3. The fourth-order valence-corrected chi connectivity index (χ4v) is 4.37. The summed E-state index contributed by atoms with van der Waals surface area (Å²) in [7, 11) is 0. The second-order valence-corrected chi connectivity index (χ2v) is 8.91. The van der Waals surface area contributed by atoms with E-state index in [-0.39, 0.29) is 0 Å². The minimum Gasteiger partial charge on any atom is -0.304 e. The number of likely N-dealkylation sites (tertiary alicyclic amines) is 1. The first-order valence-corrected chi connectivity index (χ1v) is 12.7.